The van der Waals surface area contributed by atoms with Crippen molar-refractivity contribution in [3.8, 4) is 0 Å². The van der Waals surface area contributed by atoms with Gasteiger partial charge in [-0.05, 0) is 30.7 Å². The number of aromatic nitrogens is 2. The third-order valence-corrected chi connectivity index (χ3v) is 4.37. The minimum atomic E-state index is -0.0899. The van der Waals surface area contributed by atoms with Gasteiger partial charge >= 0.3 is 0 Å². The average molecular weight is 313 g/mol. The lowest BCUT2D eigenvalue weighted by atomic mass is 10.3. The molecule has 0 fully saturated rings. The molecule has 0 atom stereocenters. The SMILES string of the molecule is O=C(CCCn1sc2ccccc2c1=O)Nc1ccccn1. The van der Waals surface area contributed by atoms with Crippen LogP contribution >= 0.6 is 11.5 Å². The van der Waals surface area contributed by atoms with Gasteiger partial charge in [-0.25, -0.2) is 4.98 Å². The van der Waals surface area contributed by atoms with Crippen molar-refractivity contribution in [3.05, 3.63) is 59.0 Å². The summed E-state index contributed by atoms with van der Waals surface area (Å²) in [5, 5.41) is 3.48. The number of amides is 1. The van der Waals surface area contributed by atoms with Crippen molar-refractivity contribution < 1.29 is 4.79 Å². The van der Waals surface area contributed by atoms with E-state index < -0.39 is 0 Å². The van der Waals surface area contributed by atoms with Crippen LogP contribution in [0.1, 0.15) is 12.8 Å². The largest absolute Gasteiger partial charge is 0.311 e. The van der Waals surface area contributed by atoms with Gasteiger partial charge in [0.05, 0.1) is 10.1 Å². The molecule has 0 unspecified atom stereocenters. The number of anilines is 1. The highest BCUT2D eigenvalue weighted by molar-refractivity contribution is 7.13. The summed E-state index contributed by atoms with van der Waals surface area (Å²) >= 11 is 1.44. The summed E-state index contributed by atoms with van der Waals surface area (Å²) in [5.74, 6) is 0.458. The van der Waals surface area contributed by atoms with Crippen molar-refractivity contribution in [1.29, 1.82) is 0 Å². The Bertz CT molecular complexity index is 839. The van der Waals surface area contributed by atoms with Crippen LogP contribution in [0.4, 0.5) is 5.82 Å². The Labute approximate surface area is 131 Å². The van der Waals surface area contributed by atoms with Gasteiger partial charge < -0.3 is 5.32 Å². The van der Waals surface area contributed by atoms with Crippen molar-refractivity contribution in [2.24, 2.45) is 0 Å². The van der Waals surface area contributed by atoms with E-state index >= 15 is 0 Å². The molecule has 1 amide bonds. The minimum absolute atomic E-state index is 0.0192. The normalized spacial score (nSPS) is 10.7. The third-order valence-electron chi connectivity index (χ3n) is 3.25. The molecule has 0 aliphatic heterocycles. The molecule has 0 bridgehead atoms. The molecule has 22 heavy (non-hydrogen) atoms. The summed E-state index contributed by atoms with van der Waals surface area (Å²) in [6, 6.07) is 12.9. The van der Waals surface area contributed by atoms with Crippen LogP contribution < -0.4 is 10.9 Å². The highest BCUT2D eigenvalue weighted by Crippen LogP contribution is 2.16. The lowest BCUT2D eigenvalue weighted by molar-refractivity contribution is -0.116. The average Bonchev–Trinajstić information content (AvgIpc) is 2.85. The van der Waals surface area contributed by atoms with Crippen LogP contribution in [0.25, 0.3) is 10.1 Å². The van der Waals surface area contributed by atoms with E-state index in [-0.39, 0.29) is 11.5 Å². The first-order chi connectivity index (χ1) is 10.7. The number of nitrogens with zero attached hydrogens (tertiary/aromatic N) is 2. The molecule has 0 aliphatic carbocycles. The van der Waals surface area contributed by atoms with Crippen molar-refractivity contribution >= 4 is 33.3 Å². The maximum absolute atomic E-state index is 12.2. The Morgan fingerprint density at radius 3 is 2.77 bits per heavy atom. The number of rotatable bonds is 5. The monoisotopic (exact) mass is 313 g/mol. The zero-order valence-electron chi connectivity index (χ0n) is 11.9. The maximum Gasteiger partial charge on any atom is 0.268 e. The Morgan fingerprint density at radius 1 is 1.18 bits per heavy atom. The zero-order valence-corrected chi connectivity index (χ0v) is 12.7. The summed E-state index contributed by atoms with van der Waals surface area (Å²) in [6.45, 7) is 0.549. The lowest BCUT2D eigenvalue weighted by Crippen LogP contribution is -2.16. The minimum Gasteiger partial charge on any atom is -0.311 e. The number of pyridine rings is 1. The van der Waals surface area contributed by atoms with E-state index in [1.165, 1.54) is 11.5 Å². The number of hydrogen-bond donors (Lipinski definition) is 1. The molecule has 5 nitrogen and oxygen atoms in total. The van der Waals surface area contributed by atoms with E-state index in [9.17, 15) is 9.59 Å². The van der Waals surface area contributed by atoms with Crippen LogP contribution in [0.15, 0.2) is 53.5 Å². The van der Waals surface area contributed by atoms with Crippen LogP contribution in [0.2, 0.25) is 0 Å². The molecule has 2 aromatic heterocycles. The second-order valence-corrected chi connectivity index (χ2v) is 5.92. The number of nitrogens with one attached hydrogen (secondary N) is 1. The Balaban J connectivity index is 1.57. The van der Waals surface area contributed by atoms with Gasteiger partial charge in [0.1, 0.15) is 5.82 Å². The van der Waals surface area contributed by atoms with Crippen molar-refractivity contribution in [2.45, 2.75) is 19.4 Å². The smallest absolute Gasteiger partial charge is 0.268 e. The summed E-state index contributed by atoms with van der Waals surface area (Å²) < 4.78 is 2.68. The van der Waals surface area contributed by atoms with Crippen LogP contribution in [0.5, 0.6) is 0 Å². The van der Waals surface area contributed by atoms with Gasteiger partial charge in [0, 0.05) is 19.2 Å². The maximum atomic E-state index is 12.2. The van der Waals surface area contributed by atoms with E-state index in [1.54, 1.807) is 22.3 Å². The fourth-order valence-corrected chi connectivity index (χ4v) is 3.22. The van der Waals surface area contributed by atoms with Crippen LogP contribution in [0, 0.1) is 0 Å². The molecule has 0 aliphatic rings. The number of carbonyl (C=O) groups excluding carboxylic acids is 1. The Kier molecular flexibility index (Phi) is 4.29. The number of benzene rings is 1. The molecule has 0 saturated heterocycles. The molecule has 6 heteroatoms. The molecule has 0 spiro atoms. The molecule has 2 heterocycles. The van der Waals surface area contributed by atoms with Crippen molar-refractivity contribution in [2.75, 3.05) is 5.32 Å². The summed E-state index contributed by atoms with van der Waals surface area (Å²) in [4.78, 5) is 28.0. The van der Waals surface area contributed by atoms with Crippen LogP contribution in [-0.4, -0.2) is 14.8 Å². The fraction of sp³-hybridized carbons (Fsp3) is 0.188. The number of aryl methyl sites for hydroxylation is 1. The second kappa shape index (κ2) is 6.53. The third kappa shape index (κ3) is 3.23. The molecule has 3 rings (SSSR count). The number of carbonyl (C=O) groups is 1. The molecule has 1 N–H and O–H groups in total. The topological polar surface area (TPSA) is 64.0 Å². The van der Waals surface area contributed by atoms with E-state index in [2.05, 4.69) is 10.3 Å². The standard InChI is InChI=1S/C16H15N3O2S/c20-15(18-14-8-3-4-10-17-14)9-5-11-19-16(21)12-6-1-2-7-13(12)22-19/h1-4,6-8,10H,5,9,11H2,(H,17,18,20). The summed E-state index contributed by atoms with van der Waals surface area (Å²) in [7, 11) is 0. The van der Waals surface area contributed by atoms with E-state index in [0.717, 1.165) is 10.1 Å². The molecular weight excluding hydrogens is 298 g/mol. The molecule has 3 aromatic rings. The van der Waals surface area contributed by atoms with E-state index in [4.69, 9.17) is 0 Å². The molecule has 0 radical (unpaired) electrons. The van der Waals surface area contributed by atoms with Gasteiger partial charge in [0.15, 0.2) is 0 Å². The molecular formula is C16H15N3O2S. The Morgan fingerprint density at radius 2 is 2.00 bits per heavy atom. The molecule has 0 saturated carbocycles. The first-order valence-corrected chi connectivity index (χ1v) is 7.81. The second-order valence-electron chi connectivity index (χ2n) is 4.86. The predicted octanol–water partition coefficient (Wildman–Crippen LogP) is 2.88. The van der Waals surface area contributed by atoms with Crippen molar-refractivity contribution in [1.82, 2.24) is 8.94 Å². The Hall–Kier alpha value is -2.47. The van der Waals surface area contributed by atoms with Gasteiger partial charge in [-0.1, -0.05) is 29.7 Å². The quantitative estimate of drug-likeness (QED) is 0.788. The highest BCUT2D eigenvalue weighted by atomic mass is 32.1. The van der Waals surface area contributed by atoms with E-state index in [0.29, 0.717) is 25.2 Å². The predicted molar refractivity (Wildman–Crippen MR) is 88.2 cm³/mol. The molecule has 1 aromatic carbocycles. The summed E-state index contributed by atoms with van der Waals surface area (Å²) in [5.41, 5.74) is 0.0192. The number of fused-ring (bicyclic) bond motifs is 1. The summed E-state index contributed by atoms with van der Waals surface area (Å²) in [6.07, 6.45) is 2.61. The lowest BCUT2D eigenvalue weighted by Gasteiger charge is -2.04. The van der Waals surface area contributed by atoms with Crippen LogP contribution in [-0.2, 0) is 11.3 Å². The van der Waals surface area contributed by atoms with E-state index in [1.807, 2.05) is 30.3 Å². The van der Waals surface area contributed by atoms with Gasteiger partial charge in [-0.2, -0.15) is 0 Å². The van der Waals surface area contributed by atoms with Gasteiger partial charge in [-0.15, -0.1) is 0 Å². The van der Waals surface area contributed by atoms with Crippen LogP contribution in [0.3, 0.4) is 0 Å². The zero-order chi connectivity index (χ0) is 15.4. The van der Waals surface area contributed by atoms with Crippen molar-refractivity contribution in [3.63, 3.8) is 0 Å². The molecule has 112 valence electrons. The number of hydrogen-bond acceptors (Lipinski definition) is 4. The first-order valence-electron chi connectivity index (χ1n) is 7.04. The first kappa shape index (κ1) is 14.5. The van der Waals surface area contributed by atoms with Gasteiger partial charge in [0.2, 0.25) is 5.91 Å². The fourth-order valence-electron chi connectivity index (χ4n) is 2.19. The van der Waals surface area contributed by atoms with Gasteiger partial charge in [0.25, 0.3) is 5.56 Å². The highest BCUT2D eigenvalue weighted by Gasteiger charge is 2.08. The van der Waals surface area contributed by atoms with Gasteiger partial charge in [-0.3, -0.25) is 13.5 Å².